The second-order valence-corrected chi connectivity index (χ2v) is 7.80. The van der Waals surface area contributed by atoms with Crippen molar-refractivity contribution in [3.8, 4) is 6.07 Å². The topological polar surface area (TPSA) is 99.3 Å². The molecule has 3 rings (SSSR count). The van der Waals surface area contributed by atoms with E-state index >= 15 is 0 Å². The molecule has 0 bridgehead atoms. The number of allylic oxidation sites excluding steroid dienone is 1. The lowest BCUT2D eigenvalue weighted by molar-refractivity contribution is -0.121. The molecule has 0 spiro atoms. The molecule has 0 aliphatic carbocycles. The number of rotatable bonds is 9. The highest BCUT2D eigenvalue weighted by molar-refractivity contribution is 6.09. The number of aromatic nitrogens is 1. The van der Waals surface area contributed by atoms with Crippen LogP contribution < -0.4 is 10.6 Å². The molecule has 2 amide bonds. The lowest BCUT2D eigenvalue weighted by Gasteiger charge is -2.12. The third kappa shape index (κ3) is 5.74. The van der Waals surface area contributed by atoms with Crippen molar-refractivity contribution in [1.82, 2.24) is 9.88 Å². The zero-order valence-electron chi connectivity index (χ0n) is 18.8. The molecule has 2 N–H and O–H groups in total. The molecule has 0 aliphatic rings. The molecule has 3 aromatic rings. The molecule has 1 heterocycles. The first-order chi connectivity index (χ1) is 16.0. The summed E-state index contributed by atoms with van der Waals surface area (Å²) in [7, 11) is 0. The molecule has 0 saturated carbocycles. The summed E-state index contributed by atoms with van der Waals surface area (Å²) in [5.74, 6) is -0.557. The van der Waals surface area contributed by atoms with Crippen LogP contribution in [-0.4, -0.2) is 22.6 Å². The molecule has 2 aromatic carbocycles. The molecule has 1 aromatic heterocycles. The summed E-state index contributed by atoms with van der Waals surface area (Å²) in [6.07, 6.45) is 4.22. The highest BCUT2D eigenvalue weighted by Crippen LogP contribution is 2.31. The Morgan fingerprint density at radius 1 is 1.15 bits per heavy atom. The van der Waals surface area contributed by atoms with Crippen LogP contribution in [0.25, 0.3) is 21.8 Å². The van der Waals surface area contributed by atoms with Gasteiger partial charge in [-0.2, -0.15) is 5.26 Å². The average Bonchev–Trinajstić information content (AvgIpc) is 3.11. The van der Waals surface area contributed by atoms with E-state index < -0.39 is 0 Å². The molecule has 7 heteroatoms. The van der Waals surface area contributed by atoms with Gasteiger partial charge in [0.05, 0.1) is 11.9 Å². The number of nitrogens with zero attached hydrogens (tertiary/aromatic N) is 3. The van der Waals surface area contributed by atoms with Crippen molar-refractivity contribution in [2.24, 2.45) is 10.9 Å². The number of nitrogens with one attached hydrogen (secondary N) is 2. The quantitative estimate of drug-likeness (QED) is 0.365. The van der Waals surface area contributed by atoms with E-state index in [4.69, 9.17) is 5.26 Å². The summed E-state index contributed by atoms with van der Waals surface area (Å²) in [5, 5.41) is 16.4. The van der Waals surface area contributed by atoms with E-state index in [0.29, 0.717) is 5.70 Å². The minimum atomic E-state index is -0.248. The van der Waals surface area contributed by atoms with E-state index in [-0.39, 0.29) is 30.6 Å². The van der Waals surface area contributed by atoms with Crippen molar-refractivity contribution in [3.63, 3.8) is 0 Å². The largest absolute Gasteiger partial charge is 0.341 e. The maximum atomic E-state index is 12.6. The number of nitriles is 1. The van der Waals surface area contributed by atoms with E-state index in [0.717, 1.165) is 34.7 Å². The molecule has 0 fully saturated rings. The van der Waals surface area contributed by atoms with Gasteiger partial charge < -0.3 is 15.2 Å². The van der Waals surface area contributed by atoms with Crippen LogP contribution in [0.1, 0.15) is 26.7 Å². The van der Waals surface area contributed by atoms with Crippen molar-refractivity contribution in [2.75, 3.05) is 5.32 Å². The molecule has 0 radical (unpaired) electrons. The van der Waals surface area contributed by atoms with Gasteiger partial charge in [0, 0.05) is 46.9 Å². The van der Waals surface area contributed by atoms with E-state index in [1.807, 2.05) is 37.3 Å². The summed E-state index contributed by atoms with van der Waals surface area (Å²) >= 11 is 0. The third-order valence-electron chi connectivity index (χ3n) is 5.29. The number of hydrogen-bond acceptors (Lipinski definition) is 4. The van der Waals surface area contributed by atoms with Gasteiger partial charge in [0.1, 0.15) is 12.3 Å². The fourth-order valence-corrected chi connectivity index (χ4v) is 3.89. The third-order valence-corrected chi connectivity index (χ3v) is 5.29. The summed E-state index contributed by atoms with van der Waals surface area (Å²) in [4.78, 5) is 28.6. The van der Waals surface area contributed by atoms with Crippen LogP contribution in [0.2, 0.25) is 0 Å². The molecule has 0 aliphatic heterocycles. The number of fused-ring (bicyclic) bond motifs is 3. The minimum Gasteiger partial charge on any atom is -0.341 e. The van der Waals surface area contributed by atoms with E-state index in [1.165, 1.54) is 17.8 Å². The molecule has 168 valence electrons. The Hall–Kier alpha value is -4.18. The molecule has 0 saturated heterocycles. The van der Waals surface area contributed by atoms with Gasteiger partial charge >= 0.3 is 0 Å². The monoisotopic (exact) mass is 441 g/mol. The SMILES string of the molecule is C=C/C(=C\N=CC#N)NC(=O)CC(C)CC(=O)Nc1ccc2c(c1)c1ccccc1n2CC. The fraction of sp³-hybridized carbons (Fsp3) is 0.231. The highest BCUT2D eigenvalue weighted by Gasteiger charge is 2.15. The van der Waals surface area contributed by atoms with Crippen LogP contribution in [0.4, 0.5) is 5.69 Å². The summed E-state index contributed by atoms with van der Waals surface area (Å²) < 4.78 is 2.26. The Bertz CT molecular complexity index is 1290. The number of anilines is 1. The number of para-hydroxylation sites is 1. The van der Waals surface area contributed by atoms with Crippen LogP contribution in [0, 0.1) is 17.2 Å². The van der Waals surface area contributed by atoms with Gasteiger partial charge in [-0.25, -0.2) is 0 Å². The second-order valence-electron chi connectivity index (χ2n) is 7.80. The van der Waals surface area contributed by atoms with Gasteiger partial charge in [-0.05, 0) is 43.2 Å². The highest BCUT2D eigenvalue weighted by atomic mass is 16.2. The van der Waals surface area contributed by atoms with Crippen molar-refractivity contribution >= 4 is 45.5 Å². The Morgan fingerprint density at radius 2 is 1.88 bits per heavy atom. The van der Waals surface area contributed by atoms with Gasteiger partial charge in [-0.3, -0.25) is 14.6 Å². The standard InChI is InChI=1S/C26H27N5O2/c1-4-19(17-28-13-12-27)29-25(32)14-18(3)15-26(33)30-20-10-11-24-22(16-20)21-8-6-7-9-23(21)31(24)5-2/h4,6-11,13,16-18H,1,5,14-15H2,2-3H3,(H,29,32)(H,30,33)/b19-17+,28-13?. The number of amides is 2. The van der Waals surface area contributed by atoms with Gasteiger partial charge in [0.25, 0.3) is 0 Å². The maximum Gasteiger partial charge on any atom is 0.224 e. The normalized spacial score (nSPS) is 12.6. The number of carbonyl (C=O) groups excluding carboxylic acids is 2. The number of benzene rings is 2. The number of carbonyl (C=O) groups is 2. The van der Waals surface area contributed by atoms with E-state index in [9.17, 15) is 9.59 Å². The average molecular weight is 442 g/mol. The summed E-state index contributed by atoms with van der Waals surface area (Å²) in [5.41, 5.74) is 3.43. The van der Waals surface area contributed by atoms with Gasteiger partial charge in [0.15, 0.2) is 0 Å². The van der Waals surface area contributed by atoms with Gasteiger partial charge in [-0.15, -0.1) is 0 Å². The van der Waals surface area contributed by atoms with Crippen molar-refractivity contribution in [1.29, 1.82) is 5.26 Å². The Kier molecular flexibility index (Phi) is 7.77. The van der Waals surface area contributed by atoms with Crippen LogP contribution >= 0.6 is 0 Å². The Balaban J connectivity index is 1.63. The lowest BCUT2D eigenvalue weighted by Crippen LogP contribution is -2.25. The number of aliphatic imine (C=N–C) groups is 1. The fourth-order valence-electron chi connectivity index (χ4n) is 3.89. The molecular formula is C26H27N5O2. The van der Waals surface area contributed by atoms with Crippen LogP contribution in [0.5, 0.6) is 0 Å². The van der Waals surface area contributed by atoms with Crippen molar-refractivity contribution in [2.45, 2.75) is 33.2 Å². The lowest BCUT2D eigenvalue weighted by atomic mass is 10.0. The van der Waals surface area contributed by atoms with Crippen LogP contribution in [-0.2, 0) is 16.1 Å². The van der Waals surface area contributed by atoms with Crippen molar-refractivity contribution < 1.29 is 9.59 Å². The van der Waals surface area contributed by atoms with Crippen LogP contribution in [0.15, 0.2) is 72.0 Å². The number of aryl methyl sites for hydroxylation is 1. The molecule has 1 unspecified atom stereocenters. The molecule has 1 atom stereocenters. The molecule has 33 heavy (non-hydrogen) atoms. The van der Waals surface area contributed by atoms with E-state index in [2.05, 4.69) is 45.8 Å². The summed E-state index contributed by atoms with van der Waals surface area (Å²) in [6.45, 7) is 8.44. The zero-order chi connectivity index (χ0) is 23.8. The number of hydrogen-bond donors (Lipinski definition) is 2. The Morgan fingerprint density at radius 3 is 2.61 bits per heavy atom. The molecule has 7 nitrogen and oxygen atoms in total. The maximum absolute atomic E-state index is 12.6. The minimum absolute atomic E-state index is 0.146. The molecular weight excluding hydrogens is 414 g/mol. The second kappa shape index (κ2) is 10.9. The first kappa shape index (κ1) is 23.5. The predicted octanol–water partition coefficient (Wildman–Crippen LogP) is 4.91. The van der Waals surface area contributed by atoms with Crippen molar-refractivity contribution in [3.05, 3.63) is 67.0 Å². The Labute approximate surface area is 193 Å². The van der Waals surface area contributed by atoms with Crippen LogP contribution in [0.3, 0.4) is 0 Å². The predicted molar refractivity (Wildman–Crippen MR) is 133 cm³/mol. The van der Waals surface area contributed by atoms with E-state index in [1.54, 1.807) is 6.07 Å². The summed E-state index contributed by atoms with van der Waals surface area (Å²) in [6, 6.07) is 15.9. The van der Waals surface area contributed by atoms with Gasteiger partial charge in [-0.1, -0.05) is 31.7 Å². The smallest absolute Gasteiger partial charge is 0.224 e. The first-order valence-corrected chi connectivity index (χ1v) is 10.8. The zero-order valence-corrected chi connectivity index (χ0v) is 18.8. The first-order valence-electron chi connectivity index (χ1n) is 10.8. The van der Waals surface area contributed by atoms with Gasteiger partial charge in [0.2, 0.25) is 11.8 Å².